The first kappa shape index (κ1) is 20.5. The van der Waals surface area contributed by atoms with E-state index in [0.717, 1.165) is 38.9 Å². The smallest absolute Gasteiger partial charge is 0.107 e. The first-order valence-electron chi connectivity index (χ1n) is 9.35. The van der Waals surface area contributed by atoms with Crippen LogP contribution in [0.1, 0.15) is 43.7 Å². The van der Waals surface area contributed by atoms with Crippen molar-refractivity contribution < 1.29 is 9.84 Å². The van der Waals surface area contributed by atoms with Crippen LogP contribution in [0.2, 0.25) is 5.02 Å². The number of hydrogen-bond acceptors (Lipinski definition) is 3. The molecule has 0 aliphatic rings. The van der Waals surface area contributed by atoms with E-state index >= 15 is 0 Å². The lowest BCUT2D eigenvalue weighted by Gasteiger charge is -2.30. The number of hydrogen-bond donors (Lipinski definition) is 1. The lowest BCUT2D eigenvalue weighted by atomic mass is 9.88. The van der Waals surface area contributed by atoms with E-state index in [1.165, 1.54) is 0 Å². The van der Waals surface area contributed by atoms with Gasteiger partial charge in [0.2, 0.25) is 0 Å². The number of nitrogens with zero attached hydrogens (tertiary/aromatic N) is 1. The van der Waals surface area contributed by atoms with Crippen molar-refractivity contribution in [2.45, 2.75) is 39.4 Å². The summed E-state index contributed by atoms with van der Waals surface area (Å²) in [5.41, 5.74) is 5.34. The summed E-state index contributed by atoms with van der Waals surface area (Å²) < 4.78 is 6.22. The lowest BCUT2D eigenvalue weighted by Crippen LogP contribution is -2.25. The van der Waals surface area contributed by atoms with Gasteiger partial charge in [-0.3, -0.25) is 0 Å². The molecule has 4 heteroatoms. The van der Waals surface area contributed by atoms with E-state index in [0.29, 0.717) is 5.02 Å². The van der Waals surface area contributed by atoms with Crippen LogP contribution >= 0.6 is 11.6 Å². The number of rotatable bonds is 5. The SMILES string of the molecule is C=Cc1ccc2c(-c3ccc(Cl)cc3)c([C@@H](CO)OC(C)(C)C)c(C)cc2n1. The van der Waals surface area contributed by atoms with Crippen LogP contribution in [0.5, 0.6) is 0 Å². The summed E-state index contributed by atoms with van der Waals surface area (Å²) >= 11 is 6.12. The van der Waals surface area contributed by atoms with Gasteiger partial charge in [0.05, 0.1) is 23.4 Å². The van der Waals surface area contributed by atoms with Gasteiger partial charge in [-0.1, -0.05) is 36.4 Å². The number of aromatic nitrogens is 1. The zero-order valence-electron chi connectivity index (χ0n) is 16.8. The molecule has 3 nitrogen and oxygen atoms in total. The highest BCUT2D eigenvalue weighted by molar-refractivity contribution is 6.30. The quantitative estimate of drug-likeness (QED) is 0.546. The molecule has 0 saturated carbocycles. The number of aryl methyl sites for hydroxylation is 1. The van der Waals surface area contributed by atoms with E-state index in [1.807, 2.05) is 64.1 Å². The van der Waals surface area contributed by atoms with Crippen LogP contribution in [0.15, 0.2) is 49.0 Å². The van der Waals surface area contributed by atoms with Gasteiger partial charge in [-0.2, -0.15) is 0 Å². The number of halogens is 1. The van der Waals surface area contributed by atoms with E-state index in [9.17, 15) is 5.11 Å². The molecular weight excluding hydrogens is 370 g/mol. The molecule has 0 spiro atoms. The normalized spacial score (nSPS) is 12.9. The monoisotopic (exact) mass is 395 g/mol. The van der Waals surface area contributed by atoms with Crippen molar-refractivity contribution >= 4 is 28.6 Å². The predicted molar refractivity (Wildman–Crippen MR) is 118 cm³/mol. The van der Waals surface area contributed by atoms with Crippen molar-refractivity contribution in [2.75, 3.05) is 6.61 Å². The zero-order valence-corrected chi connectivity index (χ0v) is 17.5. The average Bonchev–Trinajstić information content (AvgIpc) is 2.65. The molecule has 0 radical (unpaired) electrons. The van der Waals surface area contributed by atoms with Gasteiger partial charge in [0.15, 0.2) is 0 Å². The van der Waals surface area contributed by atoms with Crippen molar-refractivity contribution in [1.29, 1.82) is 0 Å². The third-order valence-corrected chi connectivity index (χ3v) is 4.84. The molecule has 2 aromatic carbocycles. The van der Waals surface area contributed by atoms with E-state index in [2.05, 4.69) is 12.6 Å². The lowest BCUT2D eigenvalue weighted by molar-refractivity contribution is -0.0821. The molecule has 0 bridgehead atoms. The summed E-state index contributed by atoms with van der Waals surface area (Å²) in [5, 5.41) is 11.8. The Morgan fingerprint density at radius 2 is 1.86 bits per heavy atom. The second-order valence-corrected chi connectivity index (χ2v) is 8.33. The molecule has 1 atom stereocenters. The highest BCUT2D eigenvalue weighted by Gasteiger charge is 2.26. The molecule has 3 aromatic rings. The molecule has 28 heavy (non-hydrogen) atoms. The van der Waals surface area contributed by atoms with Crippen LogP contribution in [0.25, 0.3) is 28.1 Å². The van der Waals surface area contributed by atoms with Crippen LogP contribution in [-0.4, -0.2) is 22.3 Å². The van der Waals surface area contributed by atoms with Crippen LogP contribution in [0, 0.1) is 6.92 Å². The molecule has 0 saturated heterocycles. The first-order chi connectivity index (χ1) is 13.2. The Balaban J connectivity index is 2.35. The van der Waals surface area contributed by atoms with Crippen LogP contribution < -0.4 is 0 Å². The van der Waals surface area contributed by atoms with Gasteiger partial charge < -0.3 is 9.84 Å². The highest BCUT2D eigenvalue weighted by atomic mass is 35.5. The van der Waals surface area contributed by atoms with Crippen molar-refractivity contribution in [3.8, 4) is 11.1 Å². The van der Waals surface area contributed by atoms with Gasteiger partial charge >= 0.3 is 0 Å². The minimum atomic E-state index is -0.450. The van der Waals surface area contributed by atoms with Gasteiger partial charge in [-0.05, 0) is 80.3 Å². The van der Waals surface area contributed by atoms with Gasteiger partial charge in [-0.15, -0.1) is 0 Å². The first-order valence-corrected chi connectivity index (χ1v) is 9.72. The van der Waals surface area contributed by atoms with Gasteiger partial charge in [0.1, 0.15) is 6.10 Å². The molecule has 1 N–H and O–H groups in total. The number of ether oxygens (including phenoxy) is 1. The maximum atomic E-state index is 10.2. The summed E-state index contributed by atoms with van der Waals surface area (Å²) in [6, 6.07) is 13.8. The Kier molecular flexibility index (Phi) is 5.90. The largest absolute Gasteiger partial charge is 0.393 e. The maximum absolute atomic E-state index is 10.2. The Labute approximate surface area is 171 Å². The molecule has 1 heterocycles. The second-order valence-electron chi connectivity index (χ2n) is 7.90. The fourth-order valence-corrected chi connectivity index (χ4v) is 3.63. The molecule has 0 unspecified atom stereocenters. The summed E-state index contributed by atoms with van der Waals surface area (Å²) in [7, 11) is 0. The van der Waals surface area contributed by atoms with Crippen molar-refractivity contribution in [3.05, 3.63) is 70.9 Å². The standard InChI is InChI=1S/C24H26ClNO2/c1-6-18-11-12-19-20(26-18)13-15(2)22(21(14-27)28-24(3,4)5)23(19)16-7-9-17(25)10-8-16/h6-13,21,27H,1,14H2,2-5H3/t21-/m1/s1. The molecule has 0 amide bonds. The van der Waals surface area contributed by atoms with E-state index < -0.39 is 11.7 Å². The zero-order chi connectivity index (χ0) is 20.5. The van der Waals surface area contributed by atoms with Gasteiger partial charge in [0.25, 0.3) is 0 Å². The second kappa shape index (κ2) is 8.04. The molecule has 0 aliphatic heterocycles. The number of pyridine rings is 1. The van der Waals surface area contributed by atoms with Gasteiger partial charge in [-0.25, -0.2) is 4.98 Å². The third kappa shape index (κ3) is 4.27. The Morgan fingerprint density at radius 3 is 2.43 bits per heavy atom. The molecule has 0 fully saturated rings. The fourth-order valence-electron chi connectivity index (χ4n) is 3.51. The van der Waals surface area contributed by atoms with E-state index in [4.69, 9.17) is 21.3 Å². The molecule has 0 aliphatic carbocycles. The third-order valence-electron chi connectivity index (χ3n) is 4.59. The van der Waals surface area contributed by atoms with Crippen molar-refractivity contribution in [3.63, 3.8) is 0 Å². The van der Waals surface area contributed by atoms with Crippen LogP contribution in [-0.2, 0) is 4.74 Å². The van der Waals surface area contributed by atoms with Gasteiger partial charge in [0, 0.05) is 10.4 Å². The molecule has 1 aromatic heterocycles. The number of aliphatic hydroxyl groups is 1. The summed E-state index contributed by atoms with van der Waals surface area (Å²) in [6.45, 7) is 11.7. The van der Waals surface area contributed by atoms with Crippen LogP contribution in [0.4, 0.5) is 0 Å². The predicted octanol–water partition coefficient (Wildman–Crippen LogP) is 6.36. The van der Waals surface area contributed by atoms with E-state index in [1.54, 1.807) is 6.08 Å². The topological polar surface area (TPSA) is 42.4 Å². The molecular formula is C24H26ClNO2. The highest BCUT2D eigenvalue weighted by Crippen LogP contribution is 2.40. The fraction of sp³-hybridized carbons (Fsp3) is 0.292. The summed E-state index contributed by atoms with van der Waals surface area (Å²) in [6.07, 6.45) is 1.29. The Bertz CT molecular complexity index is 1000. The molecule has 146 valence electrons. The van der Waals surface area contributed by atoms with Crippen molar-refractivity contribution in [1.82, 2.24) is 4.98 Å². The Morgan fingerprint density at radius 1 is 1.18 bits per heavy atom. The van der Waals surface area contributed by atoms with Crippen LogP contribution in [0.3, 0.4) is 0 Å². The Hall–Kier alpha value is -2.20. The number of benzene rings is 2. The summed E-state index contributed by atoms with van der Waals surface area (Å²) in [5.74, 6) is 0. The number of aliphatic hydroxyl groups excluding tert-OH is 1. The average molecular weight is 396 g/mol. The molecule has 3 rings (SSSR count). The van der Waals surface area contributed by atoms with E-state index in [-0.39, 0.29) is 6.61 Å². The summed E-state index contributed by atoms with van der Waals surface area (Å²) in [4.78, 5) is 4.71. The minimum absolute atomic E-state index is 0.109. The maximum Gasteiger partial charge on any atom is 0.107 e. The minimum Gasteiger partial charge on any atom is -0.393 e. The number of fused-ring (bicyclic) bond motifs is 1. The van der Waals surface area contributed by atoms with Crippen molar-refractivity contribution in [2.24, 2.45) is 0 Å².